The summed E-state index contributed by atoms with van der Waals surface area (Å²) in [5.74, 6) is -0.271. The van der Waals surface area contributed by atoms with Gasteiger partial charge in [-0.1, -0.05) is 12.1 Å². The molecule has 0 aliphatic carbocycles. The average molecular weight is 292 g/mol. The highest BCUT2D eigenvalue weighted by Gasteiger charge is 2.09. The molecule has 0 aromatic heterocycles. The number of esters is 1. The largest absolute Gasteiger partial charge is 0.469 e. The summed E-state index contributed by atoms with van der Waals surface area (Å²) in [6, 6.07) is 5.85. The lowest BCUT2D eigenvalue weighted by molar-refractivity contribution is -0.140. The molecule has 0 unspecified atom stereocenters. The lowest BCUT2D eigenvalue weighted by atomic mass is 10.1. The third-order valence-corrected chi connectivity index (χ3v) is 3.44. The normalized spacial score (nSPS) is 10.5. The fraction of sp³-hybridized carbons (Fsp3) is 0.500. The maximum atomic E-state index is 12.0. The summed E-state index contributed by atoms with van der Waals surface area (Å²) in [6.07, 6.45) is 1.05. The Morgan fingerprint density at radius 3 is 2.67 bits per heavy atom. The van der Waals surface area contributed by atoms with Gasteiger partial charge in [-0.25, -0.2) is 0 Å². The van der Waals surface area contributed by atoms with Crippen molar-refractivity contribution >= 4 is 17.6 Å². The Bertz CT molecular complexity index is 500. The van der Waals surface area contributed by atoms with Crippen LogP contribution >= 0.6 is 0 Å². The van der Waals surface area contributed by atoms with Gasteiger partial charge in [-0.3, -0.25) is 14.5 Å². The topological polar surface area (TPSA) is 58.6 Å². The maximum absolute atomic E-state index is 12.0. The minimum atomic E-state index is -0.219. The minimum Gasteiger partial charge on any atom is -0.469 e. The molecule has 0 saturated carbocycles. The molecular formula is C16H24N2O3. The molecule has 0 atom stereocenters. The van der Waals surface area contributed by atoms with Gasteiger partial charge in [0.1, 0.15) is 0 Å². The van der Waals surface area contributed by atoms with Crippen LogP contribution in [0.5, 0.6) is 0 Å². The highest BCUT2D eigenvalue weighted by atomic mass is 16.5. The first kappa shape index (κ1) is 17.2. The predicted octanol–water partition coefficient (Wildman–Crippen LogP) is 2.13. The van der Waals surface area contributed by atoms with Crippen LogP contribution < -0.4 is 5.32 Å². The lowest BCUT2D eigenvalue weighted by Crippen LogP contribution is -2.31. The number of methoxy groups -OCH3 is 1. The third kappa shape index (κ3) is 5.95. The van der Waals surface area contributed by atoms with E-state index in [1.165, 1.54) is 7.11 Å². The van der Waals surface area contributed by atoms with Crippen LogP contribution in [0.2, 0.25) is 0 Å². The van der Waals surface area contributed by atoms with Crippen molar-refractivity contribution in [1.29, 1.82) is 0 Å². The Balaban J connectivity index is 2.39. The number of ether oxygens (including phenoxy) is 1. The van der Waals surface area contributed by atoms with E-state index in [4.69, 9.17) is 0 Å². The molecule has 1 aromatic rings. The molecular weight excluding hydrogens is 268 g/mol. The first-order valence-corrected chi connectivity index (χ1v) is 7.05. The number of aryl methyl sites for hydroxylation is 1. The molecule has 1 aromatic carbocycles. The van der Waals surface area contributed by atoms with E-state index in [1.807, 2.05) is 44.0 Å². The van der Waals surface area contributed by atoms with Gasteiger partial charge in [0.2, 0.25) is 5.91 Å². The third-order valence-electron chi connectivity index (χ3n) is 3.44. The number of amides is 1. The second-order valence-corrected chi connectivity index (χ2v) is 5.21. The van der Waals surface area contributed by atoms with Crippen LogP contribution in [0.25, 0.3) is 0 Å². The molecule has 1 rings (SSSR count). The number of rotatable bonds is 7. The Morgan fingerprint density at radius 2 is 2.00 bits per heavy atom. The number of carbonyl (C=O) groups excluding carboxylic acids is 2. The number of nitrogens with zero attached hydrogens (tertiary/aromatic N) is 1. The predicted molar refractivity (Wildman–Crippen MR) is 83.3 cm³/mol. The highest BCUT2D eigenvalue weighted by Crippen LogP contribution is 2.17. The number of nitrogens with one attached hydrogen (secondary N) is 1. The smallest absolute Gasteiger partial charge is 0.305 e. The van der Waals surface area contributed by atoms with E-state index < -0.39 is 0 Å². The standard InChI is InChI=1S/C16H24N2O3/c1-12-7-5-8-14(13(12)2)17-15(19)11-18(3)10-6-9-16(20)21-4/h5,7-8H,6,9-11H2,1-4H3,(H,17,19). The van der Waals surface area contributed by atoms with Gasteiger partial charge < -0.3 is 10.1 Å². The average Bonchev–Trinajstić information content (AvgIpc) is 2.43. The molecule has 0 spiro atoms. The van der Waals surface area contributed by atoms with Gasteiger partial charge in [0, 0.05) is 12.1 Å². The van der Waals surface area contributed by atoms with Gasteiger partial charge in [0.25, 0.3) is 0 Å². The molecule has 1 N–H and O–H groups in total. The summed E-state index contributed by atoms with van der Waals surface area (Å²) < 4.78 is 4.58. The molecule has 0 heterocycles. The number of benzene rings is 1. The number of hydrogen-bond acceptors (Lipinski definition) is 4. The summed E-state index contributed by atoms with van der Waals surface area (Å²) in [5.41, 5.74) is 3.08. The van der Waals surface area contributed by atoms with Gasteiger partial charge in [-0.05, 0) is 51.1 Å². The monoisotopic (exact) mass is 292 g/mol. The van der Waals surface area contributed by atoms with Crippen molar-refractivity contribution in [2.45, 2.75) is 26.7 Å². The minimum absolute atomic E-state index is 0.0516. The number of hydrogen-bond donors (Lipinski definition) is 1. The summed E-state index contributed by atoms with van der Waals surface area (Å²) in [7, 11) is 3.24. The van der Waals surface area contributed by atoms with Crippen LogP contribution in [0.15, 0.2) is 18.2 Å². The van der Waals surface area contributed by atoms with Crippen molar-refractivity contribution in [3.05, 3.63) is 29.3 Å². The zero-order chi connectivity index (χ0) is 15.8. The Labute approximate surface area is 126 Å². The fourth-order valence-corrected chi connectivity index (χ4v) is 2.00. The van der Waals surface area contributed by atoms with Crippen molar-refractivity contribution < 1.29 is 14.3 Å². The van der Waals surface area contributed by atoms with E-state index in [-0.39, 0.29) is 11.9 Å². The second-order valence-electron chi connectivity index (χ2n) is 5.21. The molecule has 0 fully saturated rings. The van der Waals surface area contributed by atoms with Crippen LogP contribution in [-0.4, -0.2) is 44.0 Å². The first-order valence-electron chi connectivity index (χ1n) is 7.05. The molecule has 0 bridgehead atoms. The van der Waals surface area contributed by atoms with E-state index in [9.17, 15) is 9.59 Å². The van der Waals surface area contributed by atoms with Gasteiger partial charge in [-0.15, -0.1) is 0 Å². The lowest BCUT2D eigenvalue weighted by Gasteiger charge is -2.17. The fourth-order valence-electron chi connectivity index (χ4n) is 2.00. The van der Waals surface area contributed by atoms with Gasteiger partial charge in [0.05, 0.1) is 13.7 Å². The highest BCUT2D eigenvalue weighted by molar-refractivity contribution is 5.93. The SMILES string of the molecule is COC(=O)CCCN(C)CC(=O)Nc1cccc(C)c1C. The summed E-state index contributed by atoms with van der Waals surface area (Å²) >= 11 is 0. The van der Waals surface area contributed by atoms with Crippen LogP contribution in [0, 0.1) is 13.8 Å². The molecule has 0 radical (unpaired) electrons. The Morgan fingerprint density at radius 1 is 1.29 bits per heavy atom. The molecule has 5 heteroatoms. The van der Waals surface area contributed by atoms with E-state index in [0.717, 1.165) is 16.8 Å². The van der Waals surface area contributed by atoms with E-state index in [1.54, 1.807) is 0 Å². The number of likely N-dealkylation sites (N-methyl/N-ethyl adjacent to an activating group) is 1. The Hall–Kier alpha value is -1.88. The van der Waals surface area contributed by atoms with Crippen molar-refractivity contribution in [1.82, 2.24) is 4.90 Å². The van der Waals surface area contributed by atoms with Crippen LogP contribution in [0.1, 0.15) is 24.0 Å². The van der Waals surface area contributed by atoms with Gasteiger partial charge in [0.15, 0.2) is 0 Å². The van der Waals surface area contributed by atoms with E-state index in [0.29, 0.717) is 25.9 Å². The van der Waals surface area contributed by atoms with Crippen molar-refractivity contribution in [3.63, 3.8) is 0 Å². The van der Waals surface area contributed by atoms with E-state index >= 15 is 0 Å². The maximum Gasteiger partial charge on any atom is 0.305 e. The number of anilines is 1. The number of carbonyl (C=O) groups is 2. The molecule has 5 nitrogen and oxygen atoms in total. The first-order chi connectivity index (χ1) is 9.93. The molecule has 1 amide bonds. The zero-order valence-electron chi connectivity index (χ0n) is 13.2. The van der Waals surface area contributed by atoms with Crippen LogP contribution in [-0.2, 0) is 14.3 Å². The molecule has 0 saturated heterocycles. The van der Waals surface area contributed by atoms with Gasteiger partial charge in [-0.2, -0.15) is 0 Å². The quantitative estimate of drug-likeness (QED) is 0.782. The molecule has 0 aliphatic heterocycles. The molecule has 0 aliphatic rings. The summed E-state index contributed by atoms with van der Waals surface area (Å²) in [6.45, 7) is 4.98. The molecule has 21 heavy (non-hydrogen) atoms. The van der Waals surface area contributed by atoms with Crippen LogP contribution in [0.4, 0.5) is 5.69 Å². The van der Waals surface area contributed by atoms with Crippen LogP contribution in [0.3, 0.4) is 0 Å². The van der Waals surface area contributed by atoms with Crippen molar-refractivity contribution in [2.75, 3.05) is 32.6 Å². The summed E-state index contributed by atoms with van der Waals surface area (Å²) in [5, 5.41) is 2.92. The van der Waals surface area contributed by atoms with Crippen molar-refractivity contribution in [2.24, 2.45) is 0 Å². The van der Waals surface area contributed by atoms with Crippen molar-refractivity contribution in [3.8, 4) is 0 Å². The zero-order valence-corrected chi connectivity index (χ0v) is 13.2. The second kappa shape index (κ2) is 8.42. The molecule has 116 valence electrons. The van der Waals surface area contributed by atoms with E-state index in [2.05, 4.69) is 10.1 Å². The Kier molecular flexibility index (Phi) is 6.88. The van der Waals surface area contributed by atoms with Gasteiger partial charge >= 0.3 is 5.97 Å². The summed E-state index contributed by atoms with van der Waals surface area (Å²) in [4.78, 5) is 24.9.